The summed E-state index contributed by atoms with van der Waals surface area (Å²) in [6.07, 6.45) is -0.231. The fourth-order valence-electron chi connectivity index (χ4n) is 4.33. The molecule has 0 bridgehead atoms. The number of nitrogens with one attached hydrogen (secondary N) is 1. The van der Waals surface area contributed by atoms with Gasteiger partial charge in [-0.2, -0.15) is 4.98 Å². The molecule has 5 heterocycles. The second-order valence-corrected chi connectivity index (χ2v) is 10.6. The highest BCUT2D eigenvalue weighted by atomic mass is 31.2. The summed E-state index contributed by atoms with van der Waals surface area (Å²) in [6, 6.07) is 4.90. The molecular weight excluding hydrogens is 469 g/mol. The molecule has 2 aliphatic rings. The number of aromatic amines is 1. The van der Waals surface area contributed by atoms with Crippen LogP contribution in [0.3, 0.4) is 0 Å². The summed E-state index contributed by atoms with van der Waals surface area (Å²) in [6.45, 7) is 1.32. The van der Waals surface area contributed by atoms with Crippen molar-refractivity contribution in [3.8, 4) is 0 Å². The molecule has 13 nitrogen and oxygen atoms in total. The van der Waals surface area contributed by atoms with Crippen molar-refractivity contribution in [1.82, 2.24) is 19.5 Å². The van der Waals surface area contributed by atoms with Gasteiger partial charge in [0.2, 0.25) is 5.95 Å². The minimum atomic E-state index is -4.20. The molecule has 2 aliphatic heterocycles. The van der Waals surface area contributed by atoms with Crippen molar-refractivity contribution in [2.24, 2.45) is 0 Å². The molecule has 0 amide bonds. The van der Waals surface area contributed by atoms with Crippen LogP contribution < -0.4 is 11.3 Å². The number of aromatic nitrogens is 4. The molecule has 0 spiro atoms. The third-order valence-corrected chi connectivity index (χ3v) is 8.18. The van der Waals surface area contributed by atoms with E-state index in [-0.39, 0.29) is 23.6 Å². The smallest absolute Gasteiger partial charge is 0.362 e. The van der Waals surface area contributed by atoms with Crippen molar-refractivity contribution >= 4 is 24.6 Å². The zero-order valence-electron chi connectivity index (χ0n) is 18.0. The number of anilines is 1. The van der Waals surface area contributed by atoms with Gasteiger partial charge in [0.1, 0.15) is 17.8 Å². The second-order valence-electron chi connectivity index (χ2n) is 8.49. The number of aliphatic hydroxyl groups is 3. The maximum Gasteiger partial charge on any atom is 0.362 e. The molecule has 14 heteroatoms. The predicted molar refractivity (Wildman–Crippen MR) is 118 cm³/mol. The number of hydrogen-bond donors (Lipinski definition) is 5. The lowest BCUT2D eigenvalue weighted by atomic mass is 9.96. The highest BCUT2D eigenvalue weighted by Gasteiger charge is 2.60. The van der Waals surface area contributed by atoms with E-state index in [1.54, 1.807) is 24.5 Å². The van der Waals surface area contributed by atoms with Gasteiger partial charge in [0, 0.05) is 25.0 Å². The third kappa shape index (κ3) is 3.66. The maximum atomic E-state index is 13.5. The number of nitrogens with zero attached hydrogens (tertiary/aromatic N) is 3. The van der Waals surface area contributed by atoms with E-state index in [2.05, 4.69) is 15.0 Å². The topological polar surface area (TPSA) is 195 Å². The molecule has 2 saturated heterocycles. The number of aliphatic hydroxyl groups excluding tert-OH is 2. The lowest BCUT2D eigenvalue weighted by molar-refractivity contribution is -0.0973. The lowest BCUT2D eigenvalue weighted by Gasteiger charge is -2.35. The summed E-state index contributed by atoms with van der Waals surface area (Å²) in [5.74, 6) is -2.07. The number of fused-ring (bicyclic) bond motifs is 1. The number of H-pyrrole nitrogens is 1. The van der Waals surface area contributed by atoms with Gasteiger partial charge in [-0.15, -0.1) is 0 Å². The van der Waals surface area contributed by atoms with Crippen molar-refractivity contribution in [2.75, 3.05) is 12.3 Å². The van der Waals surface area contributed by atoms with E-state index in [1.165, 1.54) is 23.8 Å². The maximum absolute atomic E-state index is 13.5. The summed E-state index contributed by atoms with van der Waals surface area (Å²) >= 11 is 0. The Morgan fingerprint density at radius 2 is 2.21 bits per heavy atom. The van der Waals surface area contributed by atoms with Gasteiger partial charge >= 0.3 is 7.60 Å². The van der Waals surface area contributed by atoms with Crippen LogP contribution in [0, 0.1) is 0 Å². The molecule has 7 atom stereocenters. The van der Waals surface area contributed by atoms with Gasteiger partial charge in [0.25, 0.3) is 5.56 Å². The van der Waals surface area contributed by atoms with E-state index in [9.17, 15) is 24.7 Å². The highest BCUT2D eigenvalue weighted by molar-refractivity contribution is 7.54. The Bertz CT molecular complexity index is 1310. The Labute approximate surface area is 192 Å². The van der Waals surface area contributed by atoms with Crippen molar-refractivity contribution in [3.63, 3.8) is 0 Å². The fourth-order valence-corrected chi connectivity index (χ4v) is 6.20. The first-order chi connectivity index (χ1) is 16.1. The number of ether oxygens (including phenoxy) is 1. The van der Waals surface area contributed by atoms with Gasteiger partial charge in [-0.1, -0.05) is 6.07 Å². The summed E-state index contributed by atoms with van der Waals surface area (Å²) in [7, 11) is -4.20. The Morgan fingerprint density at radius 3 is 2.94 bits per heavy atom. The first-order valence-electron chi connectivity index (χ1n) is 10.5. The van der Waals surface area contributed by atoms with E-state index in [0.29, 0.717) is 12.0 Å². The number of pyridine rings is 1. The highest BCUT2D eigenvalue weighted by Crippen LogP contribution is 2.61. The zero-order chi connectivity index (χ0) is 24.3. The van der Waals surface area contributed by atoms with E-state index in [4.69, 9.17) is 19.5 Å². The molecule has 0 aromatic carbocycles. The number of nitrogen functional groups attached to an aromatic ring is 1. The zero-order valence-corrected chi connectivity index (χ0v) is 18.9. The second kappa shape index (κ2) is 8.24. The Morgan fingerprint density at radius 1 is 1.41 bits per heavy atom. The molecule has 0 radical (unpaired) electrons. The minimum absolute atomic E-state index is 0.0325. The van der Waals surface area contributed by atoms with Crippen molar-refractivity contribution < 1.29 is 33.7 Å². The van der Waals surface area contributed by atoms with Crippen LogP contribution >= 0.6 is 7.60 Å². The average molecular weight is 493 g/mol. The van der Waals surface area contributed by atoms with E-state index < -0.39 is 49.1 Å². The summed E-state index contributed by atoms with van der Waals surface area (Å²) < 4.78 is 31.6. The van der Waals surface area contributed by atoms with Gasteiger partial charge in [-0.05, 0) is 24.6 Å². The third-order valence-electron chi connectivity index (χ3n) is 6.15. The van der Waals surface area contributed by atoms with Gasteiger partial charge in [0.05, 0.1) is 18.1 Å². The molecule has 0 saturated carbocycles. The lowest BCUT2D eigenvalue weighted by Crippen LogP contribution is -2.46. The molecule has 0 unspecified atom stereocenters. The normalized spacial score (nSPS) is 34.9. The van der Waals surface area contributed by atoms with Crippen molar-refractivity contribution in [2.45, 2.75) is 49.3 Å². The molecule has 3 aromatic heterocycles. The summed E-state index contributed by atoms with van der Waals surface area (Å²) in [5, 5.41) is 33.1. The summed E-state index contributed by atoms with van der Waals surface area (Å²) in [4.78, 5) is 22.6. The first kappa shape index (κ1) is 23.1. The molecule has 6 N–H and O–H groups in total. The van der Waals surface area contributed by atoms with Crippen molar-refractivity contribution in [1.29, 1.82) is 0 Å². The van der Waals surface area contributed by atoms with E-state index in [1.807, 2.05) is 0 Å². The Kier molecular flexibility index (Phi) is 5.60. The predicted octanol–water partition coefficient (Wildman–Crippen LogP) is 0.401. The molecule has 2 fully saturated rings. The Balaban J connectivity index is 1.45. The largest absolute Gasteiger partial charge is 0.387 e. The molecule has 182 valence electrons. The molecule has 5 rings (SSSR count). The van der Waals surface area contributed by atoms with E-state index in [0.717, 1.165) is 0 Å². The Hall–Kier alpha value is -2.64. The quantitative estimate of drug-likeness (QED) is 0.316. The van der Waals surface area contributed by atoms with Crippen LogP contribution in [-0.2, 0) is 18.3 Å². The van der Waals surface area contributed by atoms with Crippen LogP contribution in [0.2, 0.25) is 0 Å². The molecular formula is C20H24N5O8P. The summed E-state index contributed by atoms with van der Waals surface area (Å²) in [5.41, 5.74) is 3.93. The van der Waals surface area contributed by atoms with E-state index >= 15 is 0 Å². The van der Waals surface area contributed by atoms with Crippen molar-refractivity contribution in [3.05, 3.63) is 52.7 Å². The SMILES string of the molecule is C[C@@]1(O)[C@H](O)[C@@H]([C@@H](O)[P@@]2(=O)OCC[C@@H](c3cccnc3)O2)O[C@H]1n1ccc2c(=O)[nH]c(N)nc21. The van der Waals surface area contributed by atoms with Crippen LogP contribution in [-0.4, -0.2) is 65.1 Å². The molecule has 3 aromatic rings. The molecule has 0 aliphatic carbocycles. The van der Waals surface area contributed by atoms with Gasteiger partial charge < -0.3 is 34.9 Å². The van der Waals surface area contributed by atoms with Crippen LogP contribution in [0.4, 0.5) is 5.95 Å². The fraction of sp³-hybridized carbons (Fsp3) is 0.450. The number of hydrogen-bond acceptors (Lipinski definition) is 11. The number of rotatable bonds is 4. The minimum Gasteiger partial charge on any atom is -0.387 e. The van der Waals surface area contributed by atoms with Crippen LogP contribution in [0.5, 0.6) is 0 Å². The van der Waals surface area contributed by atoms with Gasteiger partial charge in [-0.25, -0.2) is 0 Å². The van der Waals surface area contributed by atoms with Crippen LogP contribution in [0.1, 0.15) is 31.2 Å². The van der Waals surface area contributed by atoms with Gasteiger partial charge in [0.15, 0.2) is 17.7 Å². The monoisotopic (exact) mass is 493 g/mol. The average Bonchev–Trinajstić information content (AvgIpc) is 3.32. The first-order valence-corrected chi connectivity index (χ1v) is 12.2. The van der Waals surface area contributed by atoms with Crippen LogP contribution in [0.15, 0.2) is 41.6 Å². The van der Waals surface area contributed by atoms with Gasteiger partial charge in [-0.3, -0.25) is 23.9 Å². The number of nitrogens with two attached hydrogens (primary N) is 1. The standard InChI is InChI=1S/C20H24N5O8P/c1-20(29)14(26)13(32-18(20)25-7-4-11-15(25)23-19(21)24-16(11)27)17(28)34(30)31-8-5-12(33-34)10-3-2-6-22-9-10/h2-4,6-7,9,12-14,17-18,26,28-29H,5,8H2,1H3,(H3,21,23,24,27)/t12-,13-,14+,17-,18+,20+,34+/m0/s1. The molecule has 34 heavy (non-hydrogen) atoms. The van der Waals surface area contributed by atoms with Crippen LogP contribution in [0.25, 0.3) is 11.0 Å².